The smallest absolute Gasteiger partial charge is 0.123 e. The van der Waals surface area contributed by atoms with Crippen LogP contribution in [0.25, 0.3) is 0 Å². The van der Waals surface area contributed by atoms with Gasteiger partial charge in [-0.2, -0.15) is 5.26 Å². The van der Waals surface area contributed by atoms with Crippen LogP contribution >= 0.6 is 0 Å². The Balaban J connectivity index is 3.32. The van der Waals surface area contributed by atoms with Crippen molar-refractivity contribution in [2.45, 2.75) is 39.5 Å². The molecule has 0 atom stereocenters. The first-order chi connectivity index (χ1) is 7.11. The van der Waals surface area contributed by atoms with E-state index < -0.39 is 0 Å². The van der Waals surface area contributed by atoms with Gasteiger partial charge in [0.15, 0.2) is 0 Å². The summed E-state index contributed by atoms with van der Waals surface area (Å²) in [6, 6.07) is 6.09. The zero-order chi connectivity index (χ0) is 11.4. The van der Waals surface area contributed by atoms with Crippen LogP contribution in [0.1, 0.15) is 43.4 Å². The van der Waals surface area contributed by atoms with Gasteiger partial charge in [-0.3, -0.25) is 0 Å². The maximum Gasteiger partial charge on any atom is 0.123 e. The minimum Gasteiger partial charge on any atom is -0.507 e. The molecule has 0 saturated carbocycles. The van der Waals surface area contributed by atoms with Crippen LogP contribution in [0.2, 0.25) is 0 Å². The second kappa shape index (κ2) is 4.84. The van der Waals surface area contributed by atoms with Crippen molar-refractivity contribution < 1.29 is 5.11 Å². The number of rotatable bonds is 3. The molecule has 0 heterocycles. The maximum absolute atomic E-state index is 10.00. The molecule has 1 rings (SSSR count). The number of hydrogen-bond acceptors (Lipinski definition) is 2. The van der Waals surface area contributed by atoms with Gasteiger partial charge in [-0.25, -0.2) is 0 Å². The summed E-state index contributed by atoms with van der Waals surface area (Å²) in [4.78, 5) is 0. The second-order valence-electron chi connectivity index (χ2n) is 3.98. The minimum absolute atomic E-state index is 0.285. The molecule has 0 spiro atoms. The van der Waals surface area contributed by atoms with E-state index in [0.29, 0.717) is 11.7 Å². The van der Waals surface area contributed by atoms with Gasteiger partial charge >= 0.3 is 0 Å². The van der Waals surface area contributed by atoms with Gasteiger partial charge in [0.1, 0.15) is 5.75 Å². The average Bonchev–Trinajstić information content (AvgIpc) is 2.20. The lowest BCUT2D eigenvalue weighted by molar-refractivity contribution is 0.461. The Morgan fingerprint density at radius 1 is 1.40 bits per heavy atom. The Morgan fingerprint density at radius 3 is 2.53 bits per heavy atom. The first kappa shape index (κ1) is 11.6. The molecule has 1 N–H and O–H groups in total. The lowest BCUT2D eigenvalue weighted by Crippen LogP contribution is -1.98. The van der Waals surface area contributed by atoms with Crippen molar-refractivity contribution in [2.24, 2.45) is 0 Å². The molecule has 0 unspecified atom stereocenters. The summed E-state index contributed by atoms with van der Waals surface area (Å²) in [6.45, 7) is 6.14. The third-order valence-electron chi connectivity index (χ3n) is 2.66. The van der Waals surface area contributed by atoms with Gasteiger partial charge in [-0.15, -0.1) is 0 Å². The van der Waals surface area contributed by atoms with E-state index >= 15 is 0 Å². The van der Waals surface area contributed by atoms with Crippen LogP contribution in [0.15, 0.2) is 12.1 Å². The number of nitriles is 1. The van der Waals surface area contributed by atoms with Crippen molar-refractivity contribution in [3.8, 4) is 11.8 Å². The summed E-state index contributed by atoms with van der Waals surface area (Å²) in [5.41, 5.74) is 2.79. The fourth-order valence-electron chi connectivity index (χ4n) is 1.79. The highest BCUT2D eigenvalue weighted by Gasteiger charge is 2.13. The van der Waals surface area contributed by atoms with Crippen LogP contribution < -0.4 is 0 Å². The highest BCUT2D eigenvalue weighted by molar-refractivity contribution is 5.48. The van der Waals surface area contributed by atoms with Crippen molar-refractivity contribution >= 4 is 0 Å². The number of nitrogens with zero attached hydrogens (tertiary/aromatic N) is 1. The predicted octanol–water partition coefficient (Wildman–Crippen LogP) is 3.14. The van der Waals surface area contributed by atoms with Gasteiger partial charge in [0.2, 0.25) is 0 Å². The van der Waals surface area contributed by atoms with Crippen molar-refractivity contribution in [3.05, 3.63) is 28.8 Å². The van der Waals surface area contributed by atoms with E-state index in [2.05, 4.69) is 19.9 Å². The zero-order valence-electron chi connectivity index (χ0n) is 9.54. The number of aromatic hydroxyl groups is 1. The third kappa shape index (κ3) is 2.30. The number of phenolic OH excluding ortho intramolecular Hbond substituents is 1. The quantitative estimate of drug-likeness (QED) is 0.820. The van der Waals surface area contributed by atoms with Crippen LogP contribution in [0.3, 0.4) is 0 Å². The summed E-state index contributed by atoms with van der Waals surface area (Å²) in [7, 11) is 0. The van der Waals surface area contributed by atoms with Crippen LogP contribution in [-0.2, 0) is 12.8 Å². The van der Waals surface area contributed by atoms with Gasteiger partial charge in [-0.1, -0.05) is 32.9 Å². The molecule has 0 saturated heterocycles. The molecule has 0 fully saturated rings. The summed E-state index contributed by atoms with van der Waals surface area (Å²) in [6.07, 6.45) is 1.08. The second-order valence-corrected chi connectivity index (χ2v) is 3.98. The van der Waals surface area contributed by atoms with E-state index in [0.717, 1.165) is 23.1 Å². The Kier molecular flexibility index (Phi) is 3.74. The largest absolute Gasteiger partial charge is 0.507 e. The fraction of sp³-hybridized carbons (Fsp3) is 0.462. The molecular weight excluding hydrogens is 186 g/mol. The van der Waals surface area contributed by atoms with Crippen molar-refractivity contribution in [2.75, 3.05) is 0 Å². The van der Waals surface area contributed by atoms with E-state index in [1.165, 1.54) is 0 Å². The molecule has 0 bridgehead atoms. The number of phenols is 1. The molecule has 0 aliphatic carbocycles. The van der Waals surface area contributed by atoms with E-state index in [1.54, 1.807) is 0 Å². The monoisotopic (exact) mass is 203 g/mol. The fourth-order valence-corrected chi connectivity index (χ4v) is 1.79. The van der Waals surface area contributed by atoms with Crippen LogP contribution in [0, 0.1) is 11.3 Å². The molecule has 0 radical (unpaired) electrons. The number of aryl methyl sites for hydroxylation is 1. The van der Waals surface area contributed by atoms with E-state index in [9.17, 15) is 5.11 Å². The van der Waals surface area contributed by atoms with Gasteiger partial charge in [0.05, 0.1) is 12.5 Å². The highest BCUT2D eigenvalue weighted by atomic mass is 16.3. The standard InChI is InChI=1S/C13H17NO/c1-4-10-5-6-11(9(2)3)12(7-8-14)13(10)15/h5-6,9,15H,4,7H2,1-3H3. The molecule has 0 amide bonds. The Labute approximate surface area is 91.2 Å². The van der Waals surface area contributed by atoms with Crippen LogP contribution in [0.5, 0.6) is 5.75 Å². The van der Waals surface area contributed by atoms with Crippen molar-refractivity contribution in [1.82, 2.24) is 0 Å². The van der Waals surface area contributed by atoms with E-state index in [1.807, 2.05) is 19.1 Å². The average molecular weight is 203 g/mol. The Morgan fingerprint density at radius 2 is 2.07 bits per heavy atom. The number of hydrogen-bond donors (Lipinski definition) is 1. The summed E-state index contributed by atoms with van der Waals surface area (Å²) in [5, 5.41) is 18.8. The number of benzene rings is 1. The van der Waals surface area contributed by atoms with E-state index in [4.69, 9.17) is 5.26 Å². The van der Waals surface area contributed by atoms with Gasteiger partial charge in [-0.05, 0) is 23.5 Å². The summed E-state index contributed by atoms with van der Waals surface area (Å²) >= 11 is 0. The SMILES string of the molecule is CCc1ccc(C(C)C)c(CC#N)c1O. The lowest BCUT2D eigenvalue weighted by atomic mass is 9.92. The van der Waals surface area contributed by atoms with Crippen molar-refractivity contribution in [3.63, 3.8) is 0 Å². The normalized spacial score (nSPS) is 10.3. The molecule has 2 nitrogen and oxygen atoms in total. The summed E-state index contributed by atoms with van der Waals surface area (Å²) in [5.74, 6) is 0.649. The molecule has 80 valence electrons. The Bertz CT molecular complexity index is 388. The van der Waals surface area contributed by atoms with Crippen LogP contribution in [0.4, 0.5) is 0 Å². The predicted molar refractivity (Wildman–Crippen MR) is 60.9 cm³/mol. The molecule has 0 aliphatic rings. The minimum atomic E-state index is 0.285. The lowest BCUT2D eigenvalue weighted by Gasteiger charge is -2.14. The third-order valence-corrected chi connectivity index (χ3v) is 2.66. The molecule has 1 aromatic carbocycles. The van der Waals surface area contributed by atoms with E-state index in [-0.39, 0.29) is 6.42 Å². The first-order valence-corrected chi connectivity index (χ1v) is 5.32. The van der Waals surface area contributed by atoms with Crippen molar-refractivity contribution in [1.29, 1.82) is 5.26 Å². The molecule has 0 aromatic heterocycles. The van der Waals surface area contributed by atoms with Crippen LogP contribution in [-0.4, -0.2) is 5.11 Å². The topological polar surface area (TPSA) is 44.0 Å². The molecule has 15 heavy (non-hydrogen) atoms. The molecule has 0 aliphatic heterocycles. The van der Waals surface area contributed by atoms with Gasteiger partial charge in [0, 0.05) is 5.56 Å². The first-order valence-electron chi connectivity index (χ1n) is 5.32. The molecule has 1 aromatic rings. The molecule has 2 heteroatoms. The molecular formula is C13H17NO. The Hall–Kier alpha value is -1.49. The maximum atomic E-state index is 10.00. The van der Waals surface area contributed by atoms with Gasteiger partial charge in [0.25, 0.3) is 0 Å². The van der Waals surface area contributed by atoms with Gasteiger partial charge < -0.3 is 5.11 Å². The summed E-state index contributed by atoms with van der Waals surface area (Å²) < 4.78 is 0. The highest BCUT2D eigenvalue weighted by Crippen LogP contribution is 2.31. The zero-order valence-corrected chi connectivity index (χ0v) is 9.54.